The Morgan fingerprint density at radius 3 is 2.73 bits per heavy atom. The molecule has 5 heteroatoms. The molecule has 0 aromatic rings. The van der Waals surface area contributed by atoms with Crippen LogP contribution < -0.4 is 5.32 Å². The number of aliphatic hydroxyl groups excluding tert-OH is 2. The van der Waals surface area contributed by atoms with Crippen LogP contribution in [0.25, 0.3) is 0 Å². The maximum Gasteiger partial charge on any atom is 0.174 e. The molecule has 2 atom stereocenters. The molecule has 0 aromatic carbocycles. The Hall–Kier alpha value is -0.490. The van der Waals surface area contributed by atoms with E-state index in [0.717, 1.165) is 0 Å². The van der Waals surface area contributed by atoms with Gasteiger partial charge in [0.05, 0.1) is 13.2 Å². The number of hydrogen-bond donors (Lipinski definition) is 3. The molecule has 0 aliphatic rings. The fourth-order valence-corrected chi connectivity index (χ4v) is 1.09. The van der Waals surface area contributed by atoms with Gasteiger partial charge in [-0.15, -0.1) is 0 Å². The predicted octanol–water partition coefficient (Wildman–Crippen LogP) is -0.829. The van der Waals surface area contributed by atoms with Crippen LogP contribution in [0.2, 0.25) is 0 Å². The summed E-state index contributed by atoms with van der Waals surface area (Å²) in [5.74, 6) is -0.297. The molecule has 0 unspecified atom stereocenters. The summed E-state index contributed by atoms with van der Waals surface area (Å²) in [5, 5.41) is 21.1. The van der Waals surface area contributed by atoms with E-state index in [2.05, 4.69) is 5.32 Å². The molecule has 0 heterocycles. The fraction of sp³-hybridized carbons (Fsp3) is 0.900. The van der Waals surface area contributed by atoms with E-state index < -0.39 is 6.10 Å². The Balaban J connectivity index is 3.60. The molecule has 0 radical (unpaired) electrons. The van der Waals surface area contributed by atoms with Crippen LogP contribution in [-0.4, -0.2) is 55.5 Å². The molecule has 0 spiro atoms. The van der Waals surface area contributed by atoms with E-state index in [9.17, 15) is 9.90 Å². The number of methoxy groups -OCH3 is 1. The van der Waals surface area contributed by atoms with E-state index >= 15 is 0 Å². The highest BCUT2D eigenvalue weighted by atomic mass is 16.5. The number of aliphatic hydroxyl groups is 2. The smallest absolute Gasteiger partial charge is 0.174 e. The molecule has 0 fully saturated rings. The summed E-state index contributed by atoms with van der Waals surface area (Å²) in [4.78, 5) is 11.3. The number of carbonyl (C=O) groups is 1. The molecular formula is C10H21NO4. The monoisotopic (exact) mass is 219 g/mol. The van der Waals surface area contributed by atoms with E-state index in [4.69, 9.17) is 9.84 Å². The molecule has 0 aromatic heterocycles. The molecule has 90 valence electrons. The quantitative estimate of drug-likeness (QED) is 0.441. The average Bonchev–Trinajstić information content (AvgIpc) is 2.23. The topological polar surface area (TPSA) is 78.8 Å². The van der Waals surface area contributed by atoms with Gasteiger partial charge in [-0.3, -0.25) is 4.79 Å². The van der Waals surface area contributed by atoms with Crippen molar-refractivity contribution in [3.63, 3.8) is 0 Å². The van der Waals surface area contributed by atoms with Crippen LogP contribution in [0.4, 0.5) is 0 Å². The number of hydrogen-bond acceptors (Lipinski definition) is 5. The van der Waals surface area contributed by atoms with E-state index in [1.807, 2.05) is 0 Å². The Labute approximate surface area is 90.4 Å². The van der Waals surface area contributed by atoms with Gasteiger partial charge in [-0.05, 0) is 12.3 Å². The standard InChI is InChI=1S/C10H21NO4/c1-8(7-12)5-9(13)10(14)6-11-3-4-15-2/h8-9,11-13H,3-7H2,1-2H3/t8-,9-/m0/s1. The summed E-state index contributed by atoms with van der Waals surface area (Å²) in [6, 6.07) is 0. The molecular weight excluding hydrogens is 198 g/mol. The minimum Gasteiger partial charge on any atom is -0.396 e. The van der Waals surface area contributed by atoms with Crippen molar-refractivity contribution in [1.82, 2.24) is 5.32 Å². The molecule has 0 aliphatic carbocycles. The van der Waals surface area contributed by atoms with Gasteiger partial charge in [-0.1, -0.05) is 6.92 Å². The first-order chi connectivity index (χ1) is 7.11. The van der Waals surface area contributed by atoms with Crippen molar-refractivity contribution in [1.29, 1.82) is 0 Å². The number of rotatable bonds is 9. The molecule has 0 aliphatic heterocycles. The molecule has 5 nitrogen and oxygen atoms in total. The minimum atomic E-state index is -0.984. The molecule has 0 amide bonds. The maximum atomic E-state index is 11.3. The molecule has 3 N–H and O–H groups in total. The summed E-state index contributed by atoms with van der Waals surface area (Å²) in [7, 11) is 1.58. The minimum absolute atomic E-state index is 0.0125. The normalized spacial score (nSPS) is 14.9. The van der Waals surface area contributed by atoms with Crippen LogP contribution >= 0.6 is 0 Å². The predicted molar refractivity (Wildman–Crippen MR) is 56.6 cm³/mol. The van der Waals surface area contributed by atoms with Gasteiger partial charge in [-0.25, -0.2) is 0 Å². The third-order valence-corrected chi connectivity index (χ3v) is 2.09. The zero-order valence-electron chi connectivity index (χ0n) is 9.40. The van der Waals surface area contributed by atoms with E-state index in [0.29, 0.717) is 19.6 Å². The van der Waals surface area contributed by atoms with E-state index in [1.54, 1.807) is 14.0 Å². The van der Waals surface area contributed by atoms with Crippen LogP contribution in [-0.2, 0) is 9.53 Å². The molecule has 0 saturated carbocycles. The van der Waals surface area contributed by atoms with Crippen molar-refractivity contribution < 1.29 is 19.7 Å². The van der Waals surface area contributed by atoms with Gasteiger partial charge in [0.15, 0.2) is 5.78 Å². The lowest BCUT2D eigenvalue weighted by Crippen LogP contribution is -2.34. The Bertz CT molecular complexity index is 175. The number of ketones is 1. The molecule has 15 heavy (non-hydrogen) atoms. The van der Waals surface area contributed by atoms with Crippen LogP contribution in [0.3, 0.4) is 0 Å². The lowest BCUT2D eigenvalue weighted by atomic mass is 10.0. The molecule has 0 bridgehead atoms. The largest absolute Gasteiger partial charge is 0.396 e. The van der Waals surface area contributed by atoms with Gasteiger partial charge >= 0.3 is 0 Å². The average molecular weight is 219 g/mol. The Morgan fingerprint density at radius 1 is 1.53 bits per heavy atom. The van der Waals surface area contributed by atoms with Crippen molar-refractivity contribution in [3.8, 4) is 0 Å². The third kappa shape index (κ3) is 7.44. The van der Waals surface area contributed by atoms with Crippen LogP contribution in [0.1, 0.15) is 13.3 Å². The molecule has 0 rings (SSSR count). The Kier molecular flexibility index (Phi) is 8.50. The second kappa shape index (κ2) is 8.79. The Morgan fingerprint density at radius 2 is 2.20 bits per heavy atom. The summed E-state index contributed by atoms with van der Waals surface area (Å²) >= 11 is 0. The second-order valence-corrected chi connectivity index (χ2v) is 3.68. The van der Waals surface area contributed by atoms with Gasteiger partial charge in [-0.2, -0.15) is 0 Å². The highest BCUT2D eigenvalue weighted by Crippen LogP contribution is 2.05. The van der Waals surface area contributed by atoms with Crippen LogP contribution in [0.15, 0.2) is 0 Å². The van der Waals surface area contributed by atoms with Gasteiger partial charge in [0, 0.05) is 20.3 Å². The van der Waals surface area contributed by atoms with E-state index in [-0.39, 0.29) is 24.9 Å². The highest BCUT2D eigenvalue weighted by Gasteiger charge is 2.17. The van der Waals surface area contributed by atoms with Crippen molar-refractivity contribution in [2.75, 3.05) is 33.4 Å². The first kappa shape index (κ1) is 14.5. The van der Waals surface area contributed by atoms with Gasteiger partial charge in [0.2, 0.25) is 0 Å². The van der Waals surface area contributed by atoms with Gasteiger partial charge in [0.1, 0.15) is 6.10 Å². The lowest BCUT2D eigenvalue weighted by Gasteiger charge is -2.13. The second-order valence-electron chi connectivity index (χ2n) is 3.68. The lowest BCUT2D eigenvalue weighted by molar-refractivity contribution is -0.127. The summed E-state index contributed by atoms with van der Waals surface area (Å²) in [5.41, 5.74) is 0. The maximum absolute atomic E-state index is 11.3. The van der Waals surface area contributed by atoms with Crippen molar-refractivity contribution in [3.05, 3.63) is 0 Å². The zero-order valence-corrected chi connectivity index (χ0v) is 9.40. The first-order valence-electron chi connectivity index (χ1n) is 5.13. The van der Waals surface area contributed by atoms with Crippen molar-refractivity contribution in [2.45, 2.75) is 19.4 Å². The van der Waals surface area contributed by atoms with E-state index in [1.165, 1.54) is 0 Å². The number of Topliss-reactive ketones (excluding diaryl/α,β-unsaturated/α-hetero) is 1. The third-order valence-electron chi connectivity index (χ3n) is 2.09. The van der Waals surface area contributed by atoms with Gasteiger partial charge in [0.25, 0.3) is 0 Å². The number of ether oxygens (including phenoxy) is 1. The summed E-state index contributed by atoms with van der Waals surface area (Å²) in [6.07, 6.45) is -0.677. The van der Waals surface area contributed by atoms with Crippen LogP contribution in [0, 0.1) is 5.92 Å². The number of carbonyl (C=O) groups excluding carboxylic acids is 1. The molecule has 0 saturated heterocycles. The summed E-state index contributed by atoms with van der Waals surface area (Å²) < 4.78 is 4.80. The van der Waals surface area contributed by atoms with Crippen molar-refractivity contribution in [2.24, 2.45) is 5.92 Å². The number of nitrogens with one attached hydrogen (secondary N) is 1. The van der Waals surface area contributed by atoms with Crippen molar-refractivity contribution >= 4 is 5.78 Å². The summed E-state index contributed by atoms with van der Waals surface area (Å²) in [6.45, 7) is 3.04. The van der Waals surface area contributed by atoms with Gasteiger partial charge < -0.3 is 20.3 Å². The SMILES string of the molecule is COCCNCC(=O)[C@@H](O)C[C@H](C)CO. The first-order valence-corrected chi connectivity index (χ1v) is 5.13. The zero-order chi connectivity index (χ0) is 11.7. The van der Waals surface area contributed by atoms with Crippen LogP contribution in [0.5, 0.6) is 0 Å². The highest BCUT2D eigenvalue weighted by molar-refractivity contribution is 5.84. The fourth-order valence-electron chi connectivity index (χ4n) is 1.09.